The Balaban J connectivity index is 1.15. The van der Waals surface area contributed by atoms with Crippen LogP contribution in [0.15, 0.2) is 200 Å². The molecule has 0 unspecified atom stereocenters. The first-order valence-corrected chi connectivity index (χ1v) is 18.6. The summed E-state index contributed by atoms with van der Waals surface area (Å²) in [5.74, 6) is 0. The average Bonchev–Trinajstić information content (AvgIpc) is 3.60. The van der Waals surface area contributed by atoms with Gasteiger partial charge in [-0.15, -0.1) is 11.3 Å². The Morgan fingerprint density at radius 2 is 0.885 bits per heavy atom. The van der Waals surface area contributed by atoms with Crippen LogP contribution >= 0.6 is 11.3 Å². The van der Waals surface area contributed by atoms with Crippen molar-refractivity contribution in [3.63, 3.8) is 0 Å². The molecule has 1 heterocycles. The van der Waals surface area contributed by atoms with Gasteiger partial charge < -0.3 is 4.90 Å². The smallest absolute Gasteiger partial charge is 0.0468 e. The van der Waals surface area contributed by atoms with E-state index in [1.807, 2.05) is 11.3 Å². The highest BCUT2D eigenvalue weighted by Gasteiger charge is 2.18. The predicted octanol–water partition coefficient (Wildman–Crippen LogP) is 14.8. The minimum atomic E-state index is 1.12. The van der Waals surface area contributed by atoms with Gasteiger partial charge in [0, 0.05) is 42.6 Å². The molecule has 0 amide bonds. The Labute approximate surface area is 307 Å². The Bertz CT molecular complexity index is 2890. The fourth-order valence-corrected chi connectivity index (χ4v) is 8.86. The Hall–Kier alpha value is -6.48. The zero-order valence-electron chi connectivity index (χ0n) is 28.4. The molecule has 52 heavy (non-hydrogen) atoms. The van der Waals surface area contributed by atoms with Crippen molar-refractivity contribution in [1.29, 1.82) is 0 Å². The van der Waals surface area contributed by atoms with E-state index < -0.39 is 0 Å². The lowest BCUT2D eigenvalue weighted by Crippen LogP contribution is -2.10. The van der Waals surface area contributed by atoms with Gasteiger partial charge in [-0.3, -0.25) is 0 Å². The van der Waals surface area contributed by atoms with Gasteiger partial charge in [0.2, 0.25) is 0 Å². The molecule has 1 nitrogen and oxygen atoms in total. The quantitative estimate of drug-likeness (QED) is 0.169. The number of rotatable bonds is 6. The maximum absolute atomic E-state index is 2.41. The molecule has 0 spiro atoms. The first kappa shape index (κ1) is 30.4. The fourth-order valence-electron chi connectivity index (χ4n) is 7.66. The van der Waals surface area contributed by atoms with E-state index in [9.17, 15) is 0 Å². The predicted molar refractivity (Wildman–Crippen MR) is 225 cm³/mol. The molecule has 0 aliphatic rings. The molecule has 0 aliphatic carbocycles. The molecule has 0 aliphatic heterocycles. The lowest BCUT2D eigenvalue weighted by Gasteiger charge is -2.26. The molecule has 9 aromatic carbocycles. The molecule has 0 saturated heterocycles. The van der Waals surface area contributed by atoms with E-state index >= 15 is 0 Å². The fraction of sp³-hybridized carbons (Fsp3) is 0. The third-order valence-electron chi connectivity index (χ3n) is 10.2. The molecule has 0 atom stereocenters. The number of fused-ring (bicyclic) bond motifs is 6. The van der Waals surface area contributed by atoms with Crippen LogP contribution in [0.3, 0.4) is 0 Å². The zero-order valence-corrected chi connectivity index (χ0v) is 29.2. The van der Waals surface area contributed by atoms with Gasteiger partial charge in [0.25, 0.3) is 0 Å². The van der Waals surface area contributed by atoms with Crippen molar-refractivity contribution < 1.29 is 0 Å². The van der Waals surface area contributed by atoms with Gasteiger partial charge in [0.15, 0.2) is 0 Å². The van der Waals surface area contributed by atoms with Crippen LogP contribution in [0.2, 0.25) is 0 Å². The van der Waals surface area contributed by atoms with E-state index in [4.69, 9.17) is 0 Å². The van der Waals surface area contributed by atoms with Crippen molar-refractivity contribution in [3.8, 4) is 33.4 Å². The monoisotopic (exact) mass is 679 g/mol. The highest BCUT2D eigenvalue weighted by atomic mass is 32.1. The number of hydrogen-bond acceptors (Lipinski definition) is 2. The van der Waals surface area contributed by atoms with Crippen LogP contribution < -0.4 is 4.90 Å². The van der Waals surface area contributed by atoms with E-state index in [1.54, 1.807) is 0 Å². The van der Waals surface area contributed by atoms with Crippen LogP contribution in [-0.2, 0) is 0 Å². The number of thiophene rings is 1. The van der Waals surface area contributed by atoms with Crippen LogP contribution in [0.25, 0.3) is 75.1 Å². The van der Waals surface area contributed by atoms with Gasteiger partial charge in [-0.05, 0) is 98.1 Å². The van der Waals surface area contributed by atoms with Gasteiger partial charge in [-0.2, -0.15) is 0 Å². The van der Waals surface area contributed by atoms with Gasteiger partial charge in [-0.1, -0.05) is 152 Å². The molecule has 0 fully saturated rings. The molecule has 10 rings (SSSR count). The first-order valence-electron chi connectivity index (χ1n) is 17.8. The standard InChI is InChI=1S/C50H33NS/c1-3-12-34(13-4-1)36-22-24-37(25-23-36)40-18-11-19-41(30-40)51(42-27-26-35-14-7-8-17-39(35)31-42)43-28-29-49-47(32-43)48-33-46(38-15-5-2-6-16-38)44-20-9-10-21-45(44)50(48)52-49/h1-33H. The molecule has 0 radical (unpaired) electrons. The molecule has 10 aromatic rings. The second kappa shape index (κ2) is 12.7. The lowest BCUT2D eigenvalue weighted by molar-refractivity contribution is 1.30. The van der Waals surface area contributed by atoms with Crippen molar-refractivity contribution in [2.24, 2.45) is 0 Å². The van der Waals surface area contributed by atoms with Gasteiger partial charge in [0.1, 0.15) is 0 Å². The molecule has 1 aromatic heterocycles. The maximum atomic E-state index is 2.41. The van der Waals surface area contributed by atoms with Crippen molar-refractivity contribution in [2.75, 3.05) is 4.90 Å². The number of hydrogen-bond donors (Lipinski definition) is 0. The summed E-state index contributed by atoms with van der Waals surface area (Å²) in [6.45, 7) is 0. The van der Waals surface area contributed by atoms with Crippen LogP contribution in [0.5, 0.6) is 0 Å². The summed E-state index contributed by atoms with van der Waals surface area (Å²) in [4.78, 5) is 2.41. The third kappa shape index (κ3) is 5.33. The van der Waals surface area contributed by atoms with E-state index in [0.29, 0.717) is 0 Å². The van der Waals surface area contributed by atoms with E-state index in [0.717, 1.165) is 17.1 Å². The summed E-state index contributed by atoms with van der Waals surface area (Å²) in [5.41, 5.74) is 10.7. The summed E-state index contributed by atoms with van der Waals surface area (Å²) < 4.78 is 2.63. The van der Waals surface area contributed by atoms with Crippen LogP contribution in [0, 0.1) is 0 Å². The third-order valence-corrected chi connectivity index (χ3v) is 11.4. The second-order valence-electron chi connectivity index (χ2n) is 13.4. The normalized spacial score (nSPS) is 11.5. The Morgan fingerprint density at radius 3 is 1.67 bits per heavy atom. The number of anilines is 3. The van der Waals surface area contributed by atoms with Gasteiger partial charge >= 0.3 is 0 Å². The van der Waals surface area contributed by atoms with Crippen molar-refractivity contribution in [2.45, 2.75) is 0 Å². The van der Waals surface area contributed by atoms with Gasteiger partial charge in [0.05, 0.1) is 0 Å². The van der Waals surface area contributed by atoms with Crippen LogP contribution in [-0.4, -0.2) is 0 Å². The van der Waals surface area contributed by atoms with Crippen molar-refractivity contribution >= 4 is 70.1 Å². The molecule has 0 saturated carbocycles. The van der Waals surface area contributed by atoms with E-state index in [1.165, 1.54) is 75.1 Å². The van der Waals surface area contributed by atoms with Crippen LogP contribution in [0.1, 0.15) is 0 Å². The summed E-state index contributed by atoms with van der Waals surface area (Å²) in [6.07, 6.45) is 0. The Morgan fingerprint density at radius 1 is 0.308 bits per heavy atom. The molecule has 2 heteroatoms. The van der Waals surface area contributed by atoms with E-state index in [2.05, 4.69) is 205 Å². The summed E-state index contributed by atoms with van der Waals surface area (Å²) in [7, 11) is 0. The second-order valence-corrected chi connectivity index (χ2v) is 14.4. The maximum Gasteiger partial charge on any atom is 0.0468 e. The number of nitrogens with zero attached hydrogens (tertiary/aromatic N) is 1. The molecular weight excluding hydrogens is 647 g/mol. The highest BCUT2D eigenvalue weighted by molar-refractivity contribution is 7.26. The molecule has 244 valence electrons. The molecule has 0 bridgehead atoms. The van der Waals surface area contributed by atoms with E-state index in [-0.39, 0.29) is 0 Å². The zero-order chi connectivity index (χ0) is 34.4. The highest BCUT2D eigenvalue weighted by Crippen LogP contribution is 2.46. The van der Waals surface area contributed by atoms with Crippen molar-refractivity contribution in [1.82, 2.24) is 0 Å². The van der Waals surface area contributed by atoms with Crippen molar-refractivity contribution in [3.05, 3.63) is 200 Å². The topological polar surface area (TPSA) is 3.24 Å². The summed E-state index contributed by atoms with van der Waals surface area (Å²) in [5, 5.41) is 7.62. The van der Waals surface area contributed by atoms with Gasteiger partial charge in [-0.25, -0.2) is 0 Å². The minimum absolute atomic E-state index is 1.12. The number of benzene rings is 9. The lowest BCUT2D eigenvalue weighted by atomic mass is 9.95. The first-order chi connectivity index (χ1) is 25.8. The summed E-state index contributed by atoms with van der Waals surface area (Å²) in [6, 6.07) is 72.9. The largest absolute Gasteiger partial charge is 0.310 e. The summed E-state index contributed by atoms with van der Waals surface area (Å²) >= 11 is 1.89. The molecular formula is C50H33NS. The molecule has 0 N–H and O–H groups in total. The Kier molecular flexibility index (Phi) is 7.41. The SMILES string of the molecule is c1ccc(-c2ccc(-c3cccc(N(c4ccc5ccccc5c4)c4ccc5sc6c7ccccc7c(-c7ccccc7)cc6c5c4)c3)cc2)cc1. The average molecular weight is 680 g/mol. The van der Waals surface area contributed by atoms with Crippen LogP contribution in [0.4, 0.5) is 17.1 Å². The minimum Gasteiger partial charge on any atom is -0.310 e.